The van der Waals surface area contributed by atoms with Crippen molar-refractivity contribution in [1.29, 1.82) is 0 Å². The van der Waals surface area contributed by atoms with Gasteiger partial charge in [0.15, 0.2) is 0 Å². The van der Waals surface area contributed by atoms with Crippen molar-refractivity contribution in [3.63, 3.8) is 0 Å². The van der Waals surface area contributed by atoms with Gasteiger partial charge in [-0.2, -0.15) is 0 Å². The van der Waals surface area contributed by atoms with Crippen molar-refractivity contribution in [2.24, 2.45) is 17.8 Å². The van der Waals surface area contributed by atoms with Gasteiger partial charge in [-0.3, -0.25) is 0 Å². The molecule has 3 rings (SSSR count). The molecule has 2 aliphatic carbocycles. The Hall–Kier alpha value is -0.0800. The zero-order valence-electron chi connectivity index (χ0n) is 13.7. The predicted molar refractivity (Wildman–Crippen MR) is 88.3 cm³/mol. The van der Waals surface area contributed by atoms with Gasteiger partial charge >= 0.3 is 0 Å². The molecule has 2 nitrogen and oxygen atoms in total. The van der Waals surface area contributed by atoms with Crippen LogP contribution in [0.2, 0.25) is 0 Å². The van der Waals surface area contributed by atoms with Gasteiger partial charge in [-0.1, -0.05) is 57.8 Å². The van der Waals surface area contributed by atoms with E-state index >= 15 is 0 Å². The summed E-state index contributed by atoms with van der Waals surface area (Å²) in [4.78, 5) is 0. The number of fused-ring (bicyclic) bond motifs is 1. The number of nitrogens with one attached hydrogen (secondary N) is 1. The van der Waals surface area contributed by atoms with Crippen LogP contribution in [0, 0.1) is 17.8 Å². The molecular weight excluding hydrogens is 258 g/mol. The third kappa shape index (κ3) is 4.01. The van der Waals surface area contributed by atoms with E-state index in [9.17, 15) is 5.11 Å². The van der Waals surface area contributed by atoms with Crippen LogP contribution in [0.5, 0.6) is 0 Å². The molecule has 0 amide bonds. The molecule has 2 saturated carbocycles. The molecule has 2 heteroatoms. The van der Waals surface area contributed by atoms with Gasteiger partial charge in [-0.15, -0.1) is 0 Å². The molecule has 1 saturated heterocycles. The summed E-state index contributed by atoms with van der Waals surface area (Å²) in [7, 11) is 0. The molecule has 0 radical (unpaired) electrons. The van der Waals surface area contributed by atoms with Gasteiger partial charge in [0.1, 0.15) is 0 Å². The van der Waals surface area contributed by atoms with E-state index in [1.54, 1.807) is 0 Å². The third-order valence-corrected chi connectivity index (χ3v) is 6.54. The molecule has 0 aromatic heterocycles. The molecule has 3 aliphatic rings. The predicted octanol–water partition coefficient (Wildman–Crippen LogP) is 4.27. The summed E-state index contributed by atoms with van der Waals surface area (Å²) in [6, 6.07) is 0.621. The van der Waals surface area contributed by atoms with E-state index < -0.39 is 0 Å². The van der Waals surface area contributed by atoms with Crippen molar-refractivity contribution in [2.45, 2.75) is 95.6 Å². The topological polar surface area (TPSA) is 32.3 Å². The Labute approximate surface area is 131 Å². The average molecular weight is 293 g/mol. The fourth-order valence-electron chi connectivity index (χ4n) is 5.32. The molecular formula is C19H35NO. The third-order valence-electron chi connectivity index (χ3n) is 6.54. The first-order chi connectivity index (χ1) is 10.4. The smallest absolute Gasteiger partial charge is 0.0583 e. The van der Waals surface area contributed by atoms with Crippen LogP contribution < -0.4 is 5.32 Å². The highest BCUT2D eigenvalue weighted by molar-refractivity contribution is 4.98. The second-order valence-corrected chi connectivity index (χ2v) is 7.93. The fraction of sp³-hybridized carbons (Fsp3) is 1.00. The van der Waals surface area contributed by atoms with Crippen molar-refractivity contribution in [2.75, 3.05) is 6.54 Å². The van der Waals surface area contributed by atoms with Crippen LogP contribution in [-0.4, -0.2) is 23.8 Å². The highest BCUT2D eigenvalue weighted by atomic mass is 16.3. The fourth-order valence-corrected chi connectivity index (χ4v) is 5.32. The minimum absolute atomic E-state index is 0.0544. The molecule has 0 aromatic rings. The molecule has 21 heavy (non-hydrogen) atoms. The van der Waals surface area contributed by atoms with Crippen molar-refractivity contribution < 1.29 is 5.11 Å². The highest BCUT2D eigenvalue weighted by Crippen LogP contribution is 2.42. The number of aliphatic hydroxyl groups excluding tert-OH is 1. The van der Waals surface area contributed by atoms with Gasteiger partial charge < -0.3 is 10.4 Å². The van der Waals surface area contributed by atoms with Gasteiger partial charge in [0.25, 0.3) is 0 Å². The first kappa shape index (κ1) is 15.8. The summed E-state index contributed by atoms with van der Waals surface area (Å²) in [5.41, 5.74) is 0. The largest absolute Gasteiger partial charge is 0.393 e. The molecule has 0 aromatic carbocycles. The Morgan fingerprint density at radius 1 is 0.619 bits per heavy atom. The van der Waals surface area contributed by atoms with Crippen molar-refractivity contribution in [3.8, 4) is 0 Å². The summed E-state index contributed by atoms with van der Waals surface area (Å²) >= 11 is 0. The number of hydrogen-bond acceptors (Lipinski definition) is 2. The first-order valence-electron chi connectivity index (χ1n) is 9.78. The molecule has 1 aliphatic heterocycles. The van der Waals surface area contributed by atoms with E-state index in [1.807, 2.05) is 0 Å². The number of hydrogen-bond donors (Lipinski definition) is 2. The van der Waals surface area contributed by atoms with E-state index in [2.05, 4.69) is 5.32 Å². The van der Waals surface area contributed by atoms with Crippen LogP contribution in [0.1, 0.15) is 83.5 Å². The second kappa shape index (κ2) is 7.97. The molecule has 2 N–H and O–H groups in total. The van der Waals surface area contributed by atoms with Crippen molar-refractivity contribution in [1.82, 2.24) is 5.32 Å². The molecule has 1 heterocycles. The maximum absolute atomic E-state index is 10.8. The van der Waals surface area contributed by atoms with Crippen LogP contribution >= 0.6 is 0 Å². The average Bonchev–Trinajstić information content (AvgIpc) is 3.06. The second-order valence-electron chi connectivity index (χ2n) is 7.93. The number of aliphatic hydroxyl groups is 1. The lowest BCUT2D eigenvalue weighted by Gasteiger charge is -2.32. The summed E-state index contributed by atoms with van der Waals surface area (Å²) in [6.45, 7) is 1.22. The summed E-state index contributed by atoms with van der Waals surface area (Å²) in [6.07, 6.45) is 17.4. The summed E-state index contributed by atoms with van der Waals surface area (Å²) in [5, 5.41) is 14.6. The molecule has 0 bridgehead atoms. The van der Waals surface area contributed by atoms with Crippen molar-refractivity contribution in [3.05, 3.63) is 0 Å². The van der Waals surface area contributed by atoms with Crippen LogP contribution in [0.15, 0.2) is 0 Å². The van der Waals surface area contributed by atoms with Crippen molar-refractivity contribution >= 4 is 0 Å². The molecule has 5 unspecified atom stereocenters. The van der Waals surface area contributed by atoms with Crippen LogP contribution in [-0.2, 0) is 0 Å². The van der Waals surface area contributed by atoms with E-state index in [4.69, 9.17) is 0 Å². The lowest BCUT2D eigenvalue weighted by atomic mass is 9.79. The van der Waals surface area contributed by atoms with E-state index in [0.29, 0.717) is 12.0 Å². The van der Waals surface area contributed by atoms with Gasteiger partial charge in [-0.05, 0) is 44.1 Å². The van der Waals surface area contributed by atoms with Crippen LogP contribution in [0.4, 0.5) is 0 Å². The Balaban J connectivity index is 1.61. The molecule has 122 valence electrons. The Morgan fingerprint density at radius 2 is 1.24 bits per heavy atom. The minimum Gasteiger partial charge on any atom is -0.393 e. The number of rotatable bonds is 1. The summed E-state index contributed by atoms with van der Waals surface area (Å²) in [5.74, 6) is 2.32. The van der Waals surface area contributed by atoms with Gasteiger partial charge in [0.2, 0.25) is 0 Å². The normalized spacial score (nSPS) is 43.0. The van der Waals surface area contributed by atoms with E-state index in [1.165, 1.54) is 83.6 Å². The monoisotopic (exact) mass is 293 g/mol. The molecule has 0 spiro atoms. The molecule has 3 fully saturated rings. The SMILES string of the molecule is OC1CCCCCCCCCCC1C1NCC2CCCC21. The lowest BCUT2D eigenvalue weighted by Crippen LogP contribution is -2.41. The maximum Gasteiger partial charge on any atom is 0.0583 e. The highest BCUT2D eigenvalue weighted by Gasteiger charge is 2.43. The standard InChI is InChI=1S/C19H35NO/c21-18-13-8-6-4-2-1-3-5-7-11-17(18)19-16-12-9-10-15(16)14-20-19/h15-21H,1-14H2. The lowest BCUT2D eigenvalue weighted by molar-refractivity contribution is 0.0595. The Bertz CT molecular complexity index is 306. The Kier molecular flexibility index (Phi) is 5.99. The first-order valence-corrected chi connectivity index (χ1v) is 9.78. The summed E-state index contributed by atoms with van der Waals surface area (Å²) < 4.78 is 0. The van der Waals surface area contributed by atoms with E-state index in [-0.39, 0.29) is 6.10 Å². The Morgan fingerprint density at radius 3 is 2.00 bits per heavy atom. The van der Waals surface area contributed by atoms with Gasteiger partial charge in [-0.25, -0.2) is 0 Å². The maximum atomic E-state index is 10.8. The van der Waals surface area contributed by atoms with E-state index in [0.717, 1.165) is 18.3 Å². The minimum atomic E-state index is -0.0544. The molecule has 5 atom stereocenters. The van der Waals surface area contributed by atoms with Gasteiger partial charge in [0, 0.05) is 12.0 Å². The van der Waals surface area contributed by atoms with Crippen LogP contribution in [0.25, 0.3) is 0 Å². The zero-order valence-corrected chi connectivity index (χ0v) is 13.7. The quantitative estimate of drug-likeness (QED) is 0.757. The van der Waals surface area contributed by atoms with Crippen LogP contribution in [0.3, 0.4) is 0 Å². The zero-order chi connectivity index (χ0) is 14.5. The van der Waals surface area contributed by atoms with Gasteiger partial charge in [0.05, 0.1) is 6.10 Å².